The molecule has 0 bridgehead atoms. The average molecular weight is 334 g/mol. The fourth-order valence-electron chi connectivity index (χ4n) is 3.14. The second-order valence-corrected chi connectivity index (χ2v) is 7.63. The highest BCUT2D eigenvalue weighted by Crippen LogP contribution is 2.27. The van der Waals surface area contributed by atoms with E-state index in [4.69, 9.17) is 4.42 Å². The standard InChI is InChI=1S/C17H26N4OS/c1-13(2)12-20-7-5-8-21(10-9-20)14(3)16-18-19-17(22-16)15-6-4-11-23-15/h4,6,11,13-14H,5,7-10,12H2,1-3H3/t14-/m0/s1. The predicted octanol–water partition coefficient (Wildman–Crippen LogP) is 3.52. The van der Waals surface area contributed by atoms with Crippen molar-refractivity contribution in [2.75, 3.05) is 32.7 Å². The topological polar surface area (TPSA) is 45.4 Å². The monoisotopic (exact) mass is 334 g/mol. The first-order chi connectivity index (χ1) is 11.1. The van der Waals surface area contributed by atoms with Crippen molar-refractivity contribution in [2.45, 2.75) is 33.2 Å². The third-order valence-electron chi connectivity index (χ3n) is 4.32. The second kappa shape index (κ2) is 7.55. The smallest absolute Gasteiger partial charge is 0.257 e. The normalized spacial score (nSPS) is 19.1. The lowest BCUT2D eigenvalue weighted by atomic mass is 10.2. The van der Waals surface area contributed by atoms with Gasteiger partial charge in [0.05, 0.1) is 10.9 Å². The molecule has 1 aliphatic heterocycles. The molecule has 2 aromatic rings. The maximum atomic E-state index is 5.91. The van der Waals surface area contributed by atoms with E-state index < -0.39 is 0 Å². The summed E-state index contributed by atoms with van der Waals surface area (Å²) in [5.74, 6) is 2.09. The Morgan fingerprint density at radius 1 is 1.17 bits per heavy atom. The molecule has 0 spiro atoms. The number of thiophene rings is 1. The highest BCUT2D eigenvalue weighted by Gasteiger charge is 2.24. The van der Waals surface area contributed by atoms with E-state index in [9.17, 15) is 0 Å². The van der Waals surface area contributed by atoms with Gasteiger partial charge in [0, 0.05) is 26.2 Å². The van der Waals surface area contributed by atoms with Gasteiger partial charge in [-0.3, -0.25) is 4.90 Å². The van der Waals surface area contributed by atoms with E-state index in [2.05, 4.69) is 40.8 Å². The van der Waals surface area contributed by atoms with Gasteiger partial charge in [-0.2, -0.15) is 0 Å². The Morgan fingerprint density at radius 2 is 2.04 bits per heavy atom. The summed E-state index contributed by atoms with van der Waals surface area (Å²) in [6.07, 6.45) is 1.20. The molecule has 0 saturated carbocycles. The molecule has 23 heavy (non-hydrogen) atoms. The predicted molar refractivity (Wildman–Crippen MR) is 93.5 cm³/mol. The summed E-state index contributed by atoms with van der Waals surface area (Å²) >= 11 is 1.63. The summed E-state index contributed by atoms with van der Waals surface area (Å²) in [6.45, 7) is 12.4. The van der Waals surface area contributed by atoms with E-state index in [1.54, 1.807) is 11.3 Å². The molecule has 1 atom stereocenters. The first-order valence-electron chi connectivity index (χ1n) is 8.47. The average Bonchev–Trinajstić information content (AvgIpc) is 3.15. The third-order valence-corrected chi connectivity index (χ3v) is 5.18. The van der Waals surface area contributed by atoms with Crippen LogP contribution in [0.15, 0.2) is 21.9 Å². The Bertz CT molecular complexity index is 596. The fourth-order valence-corrected chi connectivity index (χ4v) is 3.78. The number of hydrogen-bond donors (Lipinski definition) is 0. The van der Waals surface area contributed by atoms with Gasteiger partial charge in [0.15, 0.2) is 0 Å². The van der Waals surface area contributed by atoms with E-state index in [-0.39, 0.29) is 6.04 Å². The first kappa shape index (κ1) is 16.6. The molecule has 0 N–H and O–H groups in total. The minimum Gasteiger partial charge on any atom is -0.418 e. The summed E-state index contributed by atoms with van der Waals surface area (Å²) in [5.41, 5.74) is 0. The summed E-state index contributed by atoms with van der Waals surface area (Å²) in [6, 6.07) is 4.20. The van der Waals surface area contributed by atoms with Gasteiger partial charge in [-0.15, -0.1) is 21.5 Å². The highest BCUT2D eigenvalue weighted by molar-refractivity contribution is 7.13. The molecule has 0 aromatic carbocycles. The van der Waals surface area contributed by atoms with Gasteiger partial charge < -0.3 is 9.32 Å². The highest BCUT2D eigenvalue weighted by atomic mass is 32.1. The molecule has 3 rings (SSSR count). The maximum absolute atomic E-state index is 5.91. The Labute approximate surface area is 142 Å². The van der Waals surface area contributed by atoms with Crippen LogP contribution in [-0.2, 0) is 0 Å². The Balaban J connectivity index is 1.63. The maximum Gasteiger partial charge on any atom is 0.257 e. The summed E-state index contributed by atoms with van der Waals surface area (Å²) in [7, 11) is 0. The van der Waals surface area contributed by atoms with Gasteiger partial charge in [0.25, 0.3) is 5.89 Å². The molecule has 126 valence electrons. The van der Waals surface area contributed by atoms with Gasteiger partial charge in [0.1, 0.15) is 0 Å². The molecule has 1 saturated heterocycles. The molecular weight excluding hydrogens is 308 g/mol. The van der Waals surface area contributed by atoms with Crippen LogP contribution in [0.2, 0.25) is 0 Å². The number of aromatic nitrogens is 2. The van der Waals surface area contributed by atoms with Crippen molar-refractivity contribution < 1.29 is 4.42 Å². The van der Waals surface area contributed by atoms with Crippen molar-refractivity contribution >= 4 is 11.3 Å². The SMILES string of the molecule is CC(C)CN1CCCN([C@@H](C)c2nnc(-c3cccs3)o2)CC1. The molecule has 1 aliphatic rings. The van der Waals surface area contributed by atoms with Crippen LogP contribution in [0.25, 0.3) is 10.8 Å². The minimum absolute atomic E-state index is 0.176. The molecule has 0 unspecified atom stereocenters. The van der Waals surface area contributed by atoms with Crippen molar-refractivity contribution in [3.05, 3.63) is 23.4 Å². The molecule has 0 radical (unpaired) electrons. The molecule has 0 aliphatic carbocycles. The Kier molecular flexibility index (Phi) is 5.46. The van der Waals surface area contributed by atoms with E-state index >= 15 is 0 Å². The lowest BCUT2D eigenvalue weighted by molar-refractivity contribution is 0.182. The summed E-state index contributed by atoms with van der Waals surface area (Å²) < 4.78 is 5.91. The van der Waals surface area contributed by atoms with Crippen LogP contribution in [0.3, 0.4) is 0 Å². The lowest BCUT2D eigenvalue weighted by Crippen LogP contribution is -2.34. The van der Waals surface area contributed by atoms with Crippen molar-refractivity contribution in [3.8, 4) is 10.8 Å². The molecule has 6 heteroatoms. The summed E-state index contributed by atoms with van der Waals surface area (Å²) in [4.78, 5) is 6.07. The van der Waals surface area contributed by atoms with Crippen molar-refractivity contribution in [2.24, 2.45) is 5.92 Å². The number of nitrogens with zero attached hydrogens (tertiary/aromatic N) is 4. The van der Waals surface area contributed by atoms with E-state index in [1.165, 1.54) is 19.5 Å². The second-order valence-electron chi connectivity index (χ2n) is 6.68. The van der Waals surface area contributed by atoms with Crippen LogP contribution in [0.4, 0.5) is 0 Å². The quantitative estimate of drug-likeness (QED) is 0.837. The van der Waals surface area contributed by atoms with Gasteiger partial charge in [-0.25, -0.2) is 0 Å². The Hall–Kier alpha value is -1.24. The fraction of sp³-hybridized carbons (Fsp3) is 0.647. The van der Waals surface area contributed by atoms with Crippen LogP contribution in [-0.4, -0.2) is 52.7 Å². The zero-order valence-electron chi connectivity index (χ0n) is 14.2. The third kappa shape index (κ3) is 4.19. The van der Waals surface area contributed by atoms with Crippen LogP contribution in [0, 0.1) is 5.92 Å². The molecule has 2 aromatic heterocycles. The minimum atomic E-state index is 0.176. The molecular formula is C17H26N4OS. The van der Waals surface area contributed by atoms with E-state index in [0.29, 0.717) is 5.89 Å². The number of rotatable bonds is 5. The van der Waals surface area contributed by atoms with Crippen LogP contribution in [0.1, 0.15) is 39.1 Å². The van der Waals surface area contributed by atoms with Gasteiger partial charge in [-0.05, 0) is 37.3 Å². The molecule has 1 fully saturated rings. The van der Waals surface area contributed by atoms with Gasteiger partial charge in [-0.1, -0.05) is 19.9 Å². The lowest BCUT2D eigenvalue weighted by Gasteiger charge is -2.25. The zero-order valence-corrected chi connectivity index (χ0v) is 15.1. The summed E-state index contributed by atoms with van der Waals surface area (Å²) in [5, 5.41) is 10.5. The zero-order chi connectivity index (χ0) is 16.2. The first-order valence-corrected chi connectivity index (χ1v) is 9.35. The van der Waals surface area contributed by atoms with E-state index in [0.717, 1.165) is 36.3 Å². The van der Waals surface area contributed by atoms with Crippen molar-refractivity contribution in [3.63, 3.8) is 0 Å². The molecule has 3 heterocycles. The molecule has 0 amide bonds. The van der Waals surface area contributed by atoms with Crippen molar-refractivity contribution in [1.82, 2.24) is 20.0 Å². The van der Waals surface area contributed by atoms with E-state index in [1.807, 2.05) is 17.5 Å². The largest absolute Gasteiger partial charge is 0.418 e. The van der Waals surface area contributed by atoms with Crippen LogP contribution < -0.4 is 0 Å². The van der Waals surface area contributed by atoms with Gasteiger partial charge >= 0.3 is 0 Å². The van der Waals surface area contributed by atoms with Crippen molar-refractivity contribution in [1.29, 1.82) is 0 Å². The Morgan fingerprint density at radius 3 is 2.78 bits per heavy atom. The number of hydrogen-bond acceptors (Lipinski definition) is 6. The van der Waals surface area contributed by atoms with Crippen LogP contribution >= 0.6 is 11.3 Å². The van der Waals surface area contributed by atoms with Crippen LogP contribution in [0.5, 0.6) is 0 Å². The molecule has 5 nitrogen and oxygen atoms in total. The van der Waals surface area contributed by atoms with Gasteiger partial charge in [0.2, 0.25) is 5.89 Å².